The maximum absolute atomic E-state index is 6.14. The summed E-state index contributed by atoms with van der Waals surface area (Å²) >= 11 is 6.14. The first-order chi connectivity index (χ1) is 10.3. The first-order valence-corrected chi connectivity index (χ1v) is 7.85. The van der Waals surface area contributed by atoms with E-state index < -0.39 is 0 Å². The van der Waals surface area contributed by atoms with Crippen molar-refractivity contribution in [1.29, 1.82) is 0 Å². The molecule has 0 bridgehead atoms. The van der Waals surface area contributed by atoms with Gasteiger partial charge in [-0.1, -0.05) is 11.6 Å². The third-order valence-electron chi connectivity index (χ3n) is 4.34. The Hall–Kier alpha value is -1.43. The highest BCUT2D eigenvalue weighted by Gasteiger charge is 2.26. The van der Waals surface area contributed by atoms with Gasteiger partial charge in [0.2, 0.25) is 0 Å². The average molecular weight is 304 g/mol. The van der Waals surface area contributed by atoms with Crippen LogP contribution < -0.4 is 10.6 Å². The van der Waals surface area contributed by atoms with Gasteiger partial charge in [-0.2, -0.15) is 0 Å². The number of benzene rings is 1. The maximum Gasteiger partial charge on any atom is 0.151 e. The molecule has 1 aromatic heterocycles. The second-order valence-corrected chi connectivity index (χ2v) is 6.15. The lowest BCUT2D eigenvalue weighted by molar-refractivity contribution is 0.440. The highest BCUT2D eigenvalue weighted by Crippen LogP contribution is 2.30. The number of halogens is 1. The van der Waals surface area contributed by atoms with Gasteiger partial charge in [0.25, 0.3) is 0 Å². The van der Waals surface area contributed by atoms with Crippen LogP contribution in [0.25, 0.3) is 5.69 Å². The Kier molecular flexibility index (Phi) is 3.41. The molecule has 2 aliphatic rings. The van der Waals surface area contributed by atoms with E-state index >= 15 is 0 Å². The molecule has 0 saturated carbocycles. The number of aromatic nitrogens is 3. The summed E-state index contributed by atoms with van der Waals surface area (Å²) in [7, 11) is 0. The Bertz CT molecular complexity index is 660. The number of nitrogens with zero attached hydrogens (tertiary/aromatic N) is 3. The summed E-state index contributed by atoms with van der Waals surface area (Å²) in [5, 5.41) is 16.5. The molecule has 2 N–H and O–H groups in total. The number of hydrogen-bond acceptors (Lipinski definition) is 4. The van der Waals surface area contributed by atoms with Crippen LogP contribution in [0.2, 0.25) is 5.02 Å². The molecule has 1 fully saturated rings. The molecule has 1 aromatic carbocycles. The van der Waals surface area contributed by atoms with Crippen molar-refractivity contribution in [3.63, 3.8) is 0 Å². The Balaban J connectivity index is 1.84. The smallest absolute Gasteiger partial charge is 0.151 e. The number of hydrogen-bond donors (Lipinski definition) is 2. The van der Waals surface area contributed by atoms with Gasteiger partial charge in [0, 0.05) is 17.5 Å². The van der Waals surface area contributed by atoms with E-state index in [-0.39, 0.29) is 0 Å². The molecule has 110 valence electrons. The molecule has 4 rings (SSSR count). The Labute approximate surface area is 128 Å². The van der Waals surface area contributed by atoms with Crippen LogP contribution in [0.4, 0.5) is 0 Å². The van der Waals surface area contributed by atoms with E-state index in [1.165, 1.54) is 5.56 Å². The van der Waals surface area contributed by atoms with E-state index in [0.717, 1.165) is 61.4 Å². The molecule has 2 aliphatic heterocycles. The van der Waals surface area contributed by atoms with Crippen LogP contribution in [0.1, 0.15) is 36.0 Å². The standard InChI is InChI=1S/C15H18ClN5/c16-12-1-2-13-11(7-12)8-18-9-14-19-20-15(21(13)14)10-3-5-17-6-4-10/h1-2,7,10,17-18H,3-6,8-9H2. The van der Waals surface area contributed by atoms with Crippen LogP contribution in [0, 0.1) is 0 Å². The molecular formula is C15H18ClN5. The van der Waals surface area contributed by atoms with Crippen LogP contribution in [0.5, 0.6) is 0 Å². The average Bonchev–Trinajstić information content (AvgIpc) is 2.84. The summed E-state index contributed by atoms with van der Waals surface area (Å²) in [6, 6.07) is 6.06. The first kappa shape index (κ1) is 13.2. The minimum Gasteiger partial charge on any atom is -0.317 e. The van der Waals surface area contributed by atoms with E-state index in [2.05, 4.69) is 31.5 Å². The monoisotopic (exact) mass is 303 g/mol. The predicted molar refractivity (Wildman–Crippen MR) is 81.8 cm³/mol. The zero-order valence-corrected chi connectivity index (χ0v) is 12.5. The highest BCUT2D eigenvalue weighted by atomic mass is 35.5. The lowest BCUT2D eigenvalue weighted by atomic mass is 9.97. The normalized spacial score (nSPS) is 18.9. The van der Waals surface area contributed by atoms with Crippen molar-refractivity contribution in [2.24, 2.45) is 0 Å². The molecule has 0 atom stereocenters. The van der Waals surface area contributed by atoms with Gasteiger partial charge in [-0.25, -0.2) is 0 Å². The van der Waals surface area contributed by atoms with Crippen LogP contribution in [-0.2, 0) is 13.1 Å². The predicted octanol–water partition coefficient (Wildman–Crippen LogP) is 1.99. The van der Waals surface area contributed by atoms with E-state index in [1.807, 2.05) is 12.1 Å². The van der Waals surface area contributed by atoms with Gasteiger partial charge in [0.15, 0.2) is 5.82 Å². The lowest BCUT2D eigenvalue weighted by Gasteiger charge is -2.23. The van der Waals surface area contributed by atoms with Crippen molar-refractivity contribution < 1.29 is 0 Å². The zero-order chi connectivity index (χ0) is 14.2. The summed E-state index contributed by atoms with van der Waals surface area (Å²) in [6.07, 6.45) is 2.24. The first-order valence-electron chi connectivity index (χ1n) is 7.47. The molecular weight excluding hydrogens is 286 g/mol. The minimum absolute atomic E-state index is 0.481. The summed E-state index contributed by atoms with van der Waals surface area (Å²) in [4.78, 5) is 0. The second kappa shape index (κ2) is 5.40. The number of nitrogens with one attached hydrogen (secondary N) is 2. The van der Waals surface area contributed by atoms with Gasteiger partial charge in [0.05, 0.1) is 12.2 Å². The second-order valence-electron chi connectivity index (χ2n) is 5.71. The van der Waals surface area contributed by atoms with E-state index in [4.69, 9.17) is 11.6 Å². The van der Waals surface area contributed by atoms with Crippen molar-refractivity contribution >= 4 is 11.6 Å². The molecule has 21 heavy (non-hydrogen) atoms. The summed E-state index contributed by atoms with van der Waals surface area (Å²) < 4.78 is 2.24. The molecule has 5 nitrogen and oxygen atoms in total. The van der Waals surface area contributed by atoms with Crippen molar-refractivity contribution in [3.8, 4) is 5.69 Å². The van der Waals surface area contributed by atoms with Crippen molar-refractivity contribution in [3.05, 3.63) is 40.4 Å². The number of rotatable bonds is 1. The summed E-state index contributed by atoms with van der Waals surface area (Å²) in [6.45, 7) is 3.66. The minimum atomic E-state index is 0.481. The SMILES string of the molecule is Clc1ccc2c(c1)CNCc1nnc(C3CCNCC3)n1-2. The molecule has 6 heteroatoms. The van der Waals surface area contributed by atoms with E-state index in [0.29, 0.717) is 5.92 Å². The maximum atomic E-state index is 6.14. The molecule has 0 radical (unpaired) electrons. The molecule has 0 unspecified atom stereocenters. The molecule has 0 amide bonds. The lowest BCUT2D eigenvalue weighted by Crippen LogP contribution is -2.28. The largest absolute Gasteiger partial charge is 0.317 e. The Morgan fingerprint density at radius 1 is 1.10 bits per heavy atom. The highest BCUT2D eigenvalue weighted by molar-refractivity contribution is 6.30. The number of piperidine rings is 1. The quantitative estimate of drug-likeness (QED) is 0.846. The van der Waals surface area contributed by atoms with Crippen LogP contribution in [0.15, 0.2) is 18.2 Å². The van der Waals surface area contributed by atoms with Crippen LogP contribution in [0.3, 0.4) is 0 Å². The molecule has 0 spiro atoms. The fraction of sp³-hybridized carbons (Fsp3) is 0.467. The van der Waals surface area contributed by atoms with Gasteiger partial charge in [0.1, 0.15) is 5.82 Å². The molecule has 3 heterocycles. The Morgan fingerprint density at radius 3 is 2.81 bits per heavy atom. The topological polar surface area (TPSA) is 54.8 Å². The van der Waals surface area contributed by atoms with Gasteiger partial charge in [-0.05, 0) is 49.7 Å². The van der Waals surface area contributed by atoms with Crippen molar-refractivity contribution in [2.75, 3.05) is 13.1 Å². The summed E-state index contributed by atoms with van der Waals surface area (Å²) in [5.74, 6) is 2.57. The fourth-order valence-electron chi connectivity index (χ4n) is 3.27. The van der Waals surface area contributed by atoms with Gasteiger partial charge >= 0.3 is 0 Å². The van der Waals surface area contributed by atoms with Crippen LogP contribution in [-0.4, -0.2) is 27.9 Å². The molecule has 0 aliphatic carbocycles. The third-order valence-corrected chi connectivity index (χ3v) is 4.58. The van der Waals surface area contributed by atoms with Gasteiger partial charge < -0.3 is 10.6 Å². The third kappa shape index (κ3) is 2.35. The molecule has 1 saturated heterocycles. The molecule has 2 aromatic rings. The van der Waals surface area contributed by atoms with Crippen molar-refractivity contribution in [2.45, 2.75) is 31.8 Å². The van der Waals surface area contributed by atoms with Gasteiger partial charge in [-0.15, -0.1) is 10.2 Å². The van der Waals surface area contributed by atoms with Gasteiger partial charge in [-0.3, -0.25) is 4.57 Å². The van der Waals surface area contributed by atoms with E-state index in [9.17, 15) is 0 Å². The van der Waals surface area contributed by atoms with E-state index in [1.54, 1.807) is 0 Å². The Morgan fingerprint density at radius 2 is 1.95 bits per heavy atom. The van der Waals surface area contributed by atoms with Crippen molar-refractivity contribution in [1.82, 2.24) is 25.4 Å². The van der Waals surface area contributed by atoms with Crippen LogP contribution >= 0.6 is 11.6 Å². The summed E-state index contributed by atoms with van der Waals surface area (Å²) in [5.41, 5.74) is 2.37. The zero-order valence-electron chi connectivity index (χ0n) is 11.8. The number of fused-ring (bicyclic) bond motifs is 3. The fourth-order valence-corrected chi connectivity index (χ4v) is 3.47.